The maximum Gasteiger partial charge on any atom is 0.432 e. The zero-order chi connectivity index (χ0) is 13.1. The van der Waals surface area contributed by atoms with Gasteiger partial charge in [-0.25, -0.2) is 4.79 Å². The van der Waals surface area contributed by atoms with Crippen LogP contribution in [0.5, 0.6) is 0 Å². The Morgan fingerprint density at radius 3 is 2.65 bits per heavy atom. The lowest BCUT2D eigenvalue weighted by Gasteiger charge is -2.19. The molecule has 0 aliphatic carbocycles. The second-order valence-electron chi connectivity index (χ2n) is 5.05. The number of amides is 1. The average molecular weight is 256 g/mol. The highest BCUT2D eigenvalue weighted by Gasteiger charge is 2.15. The summed E-state index contributed by atoms with van der Waals surface area (Å²) in [5, 5.41) is 8.76. The number of hydrogen-bond donors (Lipinski definition) is 1. The van der Waals surface area contributed by atoms with Crippen LogP contribution in [-0.4, -0.2) is 15.2 Å². The quantitative estimate of drug-likeness (QED) is 0.902. The fourth-order valence-electron chi connectivity index (χ4n) is 1.42. The summed E-state index contributed by atoms with van der Waals surface area (Å²) in [6.07, 6.45) is 3.95. The molecule has 0 spiro atoms. The summed E-state index contributed by atoms with van der Waals surface area (Å²) in [6.45, 7) is 8.41. The SMILES string of the molecule is CCCCc1cn(C(C)(C)C)s/c1=N\C(=O)O. The molecule has 0 unspecified atom stereocenters. The average Bonchev–Trinajstić information content (AvgIpc) is 2.56. The van der Waals surface area contributed by atoms with E-state index in [2.05, 4.69) is 36.6 Å². The number of carbonyl (C=O) groups is 1. The van der Waals surface area contributed by atoms with Crippen LogP contribution >= 0.6 is 11.5 Å². The van der Waals surface area contributed by atoms with Gasteiger partial charge in [-0.3, -0.25) is 3.96 Å². The van der Waals surface area contributed by atoms with Crippen LogP contribution in [0.1, 0.15) is 46.1 Å². The van der Waals surface area contributed by atoms with Gasteiger partial charge >= 0.3 is 6.09 Å². The van der Waals surface area contributed by atoms with Gasteiger partial charge in [-0.15, -0.1) is 0 Å². The van der Waals surface area contributed by atoms with Crippen LogP contribution in [0.4, 0.5) is 4.79 Å². The Kier molecular flexibility index (Phi) is 4.51. The van der Waals surface area contributed by atoms with Crippen LogP contribution in [0.25, 0.3) is 0 Å². The molecule has 0 atom stereocenters. The molecule has 4 nitrogen and oxygen atoms in total. The minimum Gasteiger partial charge on any atom is -0.463 e. The van der Waals surface area contributed by atoms with E-state index in [1.165, 1.54) is 11.5 Å². The van der Waals surface area contributed by atoms with Crippen molar-refractivity contribution < 1.29 is 9.90 Å². The molecule has 1 heterocycles. The molecule has 0 aromatic carbocycles. The Morgan fingerprint density at radius 1 is 1.53 bits per heavy atom. The summed E-state index contributed by atoms with van der Waals surface area (Å²) in [5.41, 5.74) is 1.01. The molecular formula is C12H20N2O2S. The maximum atomic E-state index is 10.7. The van der Waals surface area contributed by atoms with E-state index in [0.29, 0.717) is 4.67 Å². The van der Waals surface area contributed by atoms with Crippen LogP contribution in [0, 0.1) is 0 Å². The van der Waals surface area contributed by atoms with Gasteiger partial charge in [-0.05, 0) is 45.1 Å². The fourth-order valence-corrected chi connectivity index (χ4v) is 2.45. The van der Waals surface area contributed by atoms with Crippen molar-refractivity contribution in [2.45, 2.75) is 52.5 Å². The minimum atomic E-state index is -1.12. The molecule has 1 aromatic rings. The lowest BCUT2D eigenvalue weighted by molar-refractivity contribution is 0.205. The van der Waals surface area contributed by atoms with Crippen molar-refractivity contribution in [2.24, 2.45) is 4.99 Å². The van der Waals surface area contributed by atoms with Crippen molar-refractivity contribution in [1.82, 2.24) is 3.96 Å². The first-order valence-corrected chi connectivity index (χ1v) is 6.62. The van der Waals surface area contributed by atoms with Crippen LogP contribution in [0.15, 0.2) is 11.2 Å². The number of hydrogen-bond acceptors (Lipinski definition) is 2. The number of nitrogens with zero attached hydrogens (tertiary/aromatic N) is 2. The van der Waals surface area contributed by atoms with Crippen molar-refractivity contribution in [1.29, 1.82) is 0 Å². The molecule has 0 aliphatic heterocycles. The summed E-state index contributed by atoms with van der Waals surface area (Å²) in [5.74, 6) is 0. The van der Waals surface area contributed by atoms with Gasteiger partial charge in [0.1, 0.15) is 4.67 Å². The maximum absolute atomic E-state index is 10.7. The van der Waals surface area contributed by atoms with E-state index in [4.69, 9.17) is 5.11 Å². The van der Waals surface area contributed by atoms with E-state index < -0.39 is 6.09 Å². The van der Waals surface area contributed by atoms with Gasteiger partial charge in [-0.2, -0.15) is 4.99 Å². The number of aromatic nitrogens is 1. The molecule has 1 rings (SSSR count). The zero-order valence-corrected chi connectivity index (χ0v) is 11.7. The van der Waals surface area contributed by atoms with Crippen molar-refractivity contribution in [3.63, 3.8) is 0 Å². The second-order valence-corrected chi connectivity index (χ2v) is 6.01. The standard InChI is InChI=1S/C12H20N2O2S/c1-5-6-7-9-8-14(12(2,3)4)17-10(9)13-11(15)16/h8H,5-7H2,1-4H3,(H,15,16)/b13-10-. The third-order valence-corrected chi connectivity index (χ3v) is 3.77. The third kappa shape index (κ3) is 4.00. The summed E-state index contributed by atoms with van der Waals surface area (Å²) in [6, 6.07) is 0. The molecule has 17 heavy (non-hydrogen) atoms. The first-order valence-electron chi connectivity index (χ1n) is 5.84. The highest BCUT2D eigenvalue weighted by molar-refractivity contribution is 7.04. The van der Waals surface area contributed by atoms with E-state index in [0.717, 1.165) is 24.8 Å². The summed E-state index contributed by atoms with van der Waals surface area (Å²) in [4.78, 5) is 14.3. The summed E-state index contributed by atoms with van der Waals surface area (Å²) in [7, 11) is 0. The van der Waals surface area contributed by atoms with Gasteiger partial charge in [0, 0.05) is 17.3 Å². The predicted octanol–water partition coefficient (Wildman–Crippen LogP) is 3.23. The van der Waals surface area contributed by atoms with Gasteiger partial charge in [0.2, 0.25) is 0 Å². The Balaban J connectivity index is 3.17. The van der Waals surface area contributed by atoms with Gasteiger partial charge in [0.25, 0.3) is 0 Å². The highest BCUT2D eigenvalue weighted by Crippen LogP contribution is 2.17. The second kappa shape index (κ2) is 5.49. The smallest absolute Gasteiger partial charge is 0.432 e. The lowest BCUT2D eigenvalue weighted by Crippen LogP contribution is -2.18. The summed E-state index contributed by atoms with van der Waals surface area (Å²) >= 11 is 1.41. The fraction of sp³-hybridized carbons (Fsp3) is 0.667. The van der Waals surface area contributed by atoms with Crippen LogP contribution in [0.2, 0.25) is 0 Å². The molecular weight excluding hydrogens is 236 g/mol. The number of carboxylic acid groups (broad SMARTS) is 1. The van der Waals surface area contributed by atoms with Crippen LogP contribution in [0.3, 0.4) is 0 Å². The van der Waals surface area contributed by atoms with Gasteiger partial charge in [0.05, 0.1) is 0 Å². The Morgan fingerprint density at radius 2 is 2.18 bits per heavy atom. The van der Waals surface area contributed by atoms with Crippen molar-refractivity contribution in [3.05, 3.63) is 16.4 Å². The van der Waals surface area contributed by atoms with E-state index in [1.807, 2.05) is 6.20 Å². The van der Waals surface area contributed by atoms with Gasteiger partial charge < -0.3 is 5.11 Å². The van der Waals surface area contributed by atoms with E-state index in [1.54, 1.807) is 0 Å². The first kappa shape index (κ1) is 14.0. The van der Waals surface area contributed by atoms with Crippen molar-refractivity contribution in [3.8, 4) is 0 Å². The lowest BCUT2D eigenvalue weighted by atomic mass is 10.1. The molecule has 0 radical (unpaired) electrons. The largest absolute Gasteiger partial charge is 0.463 e. The zero-order valence-electron chi connectivity index (χ0n) is 10.9. The molecule has 0 saturated heterocycles. The Labute approximate surface area is 106 Å². The minimum absolute atomic E-state index is 0.0299. The van der Waals surface area contributed by atoms with Gasteiger partial charge in [-0.1, -0.05) is 13.3 Å². The molecule has 1 aromatic heterocycles. The van der Waals surface area contributed by atoms with Crippen molar-refractivity contribution >= 4 is 17.6 Å². The Bertz CT molecular complexity index is 452. The van der Waals surface area contributed by atoms with E-state index >= 15 is 0 Å². The monoisotopic (exact) mass is 256 g/mol. The first-order chi connectivity index (χ1) is 7.84. The molecule has 1 amide bonds. The highest BCUT2D eigenvalue weighted by atomic mass is 32.1. The van der Waals surface area contributed by atoms with Crippen molar-refractivity contribution in [2.75, 3.05) is 0 Å². The number of rotatable bonds is 3. The number of aryl methyl sites for hydroxylation is 1. The van der Waals surface area contributed by atoms with E-state index in [-0.39, 0.29) is 5.54 Å². The molecule has 0 aliphatic rings. The molecule has 0 bridgehead atoms. The Hall–Kier alpha value is -1.10. The molecule has 96 valence electrons. The summed E-state index contributed by atoms with van der Waals surface area (Å²) < 4.78 is 2.70. The molecule has 5 heteroatoms. The third-order valence-electron chi connectivity index (χ3n) is 2.39. The predicted molar refractivity (Wildman–Crippen MR) is 69.5 cm³/mol. The van der Waals surface area contributed by atoms with E-state index in [9.17, 15) is 4.79 Å². The normalized spacial score (nSPS) is 13.1. The molecule has 1 N–H and O–H groups in total. The molecule has 0 saturated carbocycles. The van der Waals surface area contributed by atoms with Crippen LogP contribution < -0.4 is 4.67 Å². The molecule has 0 fully saturated rings. The van der Waals surface area contributed by atoms with Gasteiger partial charge in [0.15, 0.2) is 0 Å². The topological polar surface area (TPSA) is 54.6 Å². The van der Waals surface area contributed by atoms with Crippen LogP contribution in [-0.2, 0) is 12.0 Å². The number of unbranched alkanes of at least 4 members (excludes halogenated alkanes) is 1.